The molecule has 0 amide bonds. The van der Waals surface area contributed by atoms with Crippen LogP contribution in [-0.4, -0.2) is 33.8 Å². The van der Waals surface area contributed by atoms with E-state index in [1.54, 1.807) is 6.07 Å². The molecule has 3 aromatic rings. The van der Waals surface area contributed by atoms with E-state index in [0.29, 0.717) is 40.9 Å². The fourth-order valence-corrected chi connectivity index (χ4v) is 2.53. The van der Waals surface area contributed by atoms with Gasteiger partial charge in [-0.3, -0.25) is 5.10 Å². The molecule has 3 rings (SSSR count). The van der Waals surface area contributed by atoms with Gasteiger partial charge >= 0.3 is 0 Å². The summed E-state index contributed by atoms with van der Waals surface area (Å²) in [5.74, 6) is 0.465. The molecule has 2 aromatic heterocycles. The molecular weight excluding hydrogens is 325 g/mol. The van der Waals surface area contributed by atoms with Crippen LogP contribution in [0.15, 0.2) is 18.5 Å². The minimum absolute atomic E-state index is 0.136. The van der Waals surface area contributed by atoms with Gasteiger partial charge in [0, 0.05) is 18.0 Å². The molecule has 0 fully saturated rings. The van der Waals surface area contributed by atoms with Crippen LogP contribution in [0.4, 0.5) is 16.0 Å². The van der Waals surface area contributed by atoms with Crippen LogP contribution in [-0.2, 0) is 6.42 Å². The molecule has 0 unspecified atom stereocenters. The fourth-order valence-electron chi connectivity index (χ4n) is 2.53. The van der Waals surface area contributed by atoms with Gasteiger partial charge in [0.05, 0.1) is 18.3 Å². The first kappa shape index (κ1) is 16.4. The van der Waals surface area contributed by atoms with Crippen molar-refractivity contribution in [3.8, 4) is 11.8 Å². The summed E-state index contributed by atoms with van der Waals surface area (Å²) >= 11 is 0. The van der Waals surface area contributed by atoms with Crippen LogP contribution in [0.5, 0.6) is 5.75 Å². The van der Waals surface area contributed by atoms with E-state index < -0.39 is 5.82 Å². The number of benzene rings is 1. The molecule has 0 aliphatic rings. The van der Waals surface area contributed by atoms with E-state index in [9.17, 15) is 4.39 Å². The van der Waals surface area contributed by atoms with E-state index >= 15 is 0 Å². The number of nitrogen functional groups attached to an aromatic ring is 1. The van der Waals surface area contributed by atoms with Gasteiger partial charge in [-0.1, -0.05) is 0 Å². The first-order valence-corrected chi connectivity index (χ1v) is 7.59. The number of nitrogens with zero attached hydrogens (tertiary/aromatic N) is 4. The predicted octanol–water partition coefficient (Wildman–Crippen LogP) is 2.00. The number of fused-ring (bicyclic) bond motifs is 1. The van der Waals surface area contributed by atoms with Crippen molar-refractivity contribution in [1.29, 1.82) is 5.26 Å². The smallest absolute Gasteiger partial charge is 0.167 e. The first-order valence-electron chi connectivity index (χ1n) is 7.59. The number of H-pyrrole nitrogens is 1. The highest BCUT2D eigenvalue weighted by atomic mass is 19.1. The number of nitrogens with two attached hydrogens (primary N) is 1. The Kier molecular flexibility index (Phi) is 4.61. The molecule has 0 bridgehead atoms. The zero-order valence-corrected chi connectivity index (χ0v) is 13.5. The van der Waals surface area contributed by atoms with Crippen molar-refractivity contribution in [3.63, 3.8) is 0 Å². The maximum Gasteiger partial charge on any atom is 0.167 e. The molecule has 2 heterocycles. The van der Waals surface area contributed by atoms with Crippen LogP contribution < -0.4 is 15.8 Å². The quantitative estimate of drug-likeness (QED) is 0.585. The van der Waals surface area contributed by atoms with Crippen LogP contribution in [0, 0.1) is 17.1 Å². The van der Waals surface area contributed by atoms with Crippen molar-refractivity contribution in [2.24, 2.45) is 0 Å². The predicted molar refractivity (Wildman–Crippen MR) is 90.6 cm³/mol. The van der Waals surface area contributed by atoms with Gasteiger partial charge in [0.1, 0.15) is 23.8 Å². The van der Waals surface area contributed by atoms with Crippen LogP contribution in [0.1, 0.15) is 17.7 Å². The minimum Gasteiger partial charge on any atom is -0.494 e. The van der Waals surface area contributed by atoms with E-state index in [1.807, 2.05) is 6.07 Å². The fraction of sp³-hybridized carbons (Fsp3) is 0.250. The number of nitriles is 1. The number of aromatic nitrogens is 4. The molecule has 0 radical (unpaired) electrons. The molecule has 128 valence electrons. The minimum atomic E-state index is -0.472. The molecule has 0 saturated heterocycles. The summed E-state index contributed by atoms with van der Waals surface area (Å²) in [6.07, 6.45) is 2.71. The van der Waals surface area contributed by atoms with Crippen molar-refractivity contribution in [2.75, 3.05) is 24.7 Å². The molecule has 0 aliphatic heterocycles. The van der Waals surface area contributed by atoms with Gasteiger partial charge in [-0.25, -0.2) is 14.4 Å². The van der Waals surface area contributed by atoms with Crippen molar-refractivity contribution in [3.05, 3.63) is 35.5 Å². The molecule has 25 heavy (non-hydrogen) atoms. The third kappa shape index (κ3) is 3.28. The molecular formula is C16H16FN7O. The summed E-state index contributed by atoms with van der Waals surface area (Å²) in [6, 6.07) is 4.91. The molecule has 8 nitrogen and oxygen atoms in total. The summed E-state index contributed by atoms with van der Waals surface area (Å²) < 4.78 is 18.8. The number of ether oxygens (including phenoxy) is 1. The lowest BCUT2D eigenvalue weighted by Crippen LogP contribution is -2.06. The molecule has 0 spiro atoms. The van der Waals surface area contributed by atoms with Crippen LogP contribution >= 0.6 is 0 Å². The first-order chi connectivity index (χ1) is 12.1. The number of methoxy groups -OCH3 is 1. The zero-order valence-electron chi connectivity index (χ0n) is 13.5. The maximum atomic E-state index is 13.8. The Hall–Kier alpha value is -3.41. The highest BCUT2D eigenvalue weighted by molar-refractivity contribution is 5.90. The lowest BCUT2D eigenvalue weighted by molar-refractivity contribution is 0.387. The standard InChI is InChI=1S/C16H16FN7O/c1-25-14-5-9-13(6-11(14)17)21-8-22-16(9)20-4-2-3-12-10(7-18)15(19)24-23-12/h5-6,8H,2-4H2,1H3,(H3,19,23,24)(H,20,21,22). The highest BCUT2D eigenvalue weighted by Gasteiger charge is 2.11. The monoisotopic (exact) mass is 341 g/mol. The van der Waals surface area contributed by atoms with Gasteiger partial charge in [-0.05, 0) is 18.9 Å². The average Bonchev–Trinajstić information content (AvgIpc) is 2.97. The average molecular weight is 341 g/mol. The molecule has 9 heteroatoms. The van der Waals surface area contributed by atoms with Crippen molar-refractivity contribution >= 4 is 22.5 Å². The number of aromatic amines is 1. The van der Waals surface area contributed by atoms with Gasteiger partial charge in [0.2, 0.25) is 0 Å². The third-order valence-corrected chi connectivity index (χ3v) is 3.79. The largest absolute Gasteiger partial charge is 0.494 e. The Labute approximate surface area is 142 Å². The third-order valence-electron chi connectivity index (χ3n) is 3.79. The Morgan fingerprint density at radius 2 is 2.24 bits per heavy atom. The van der Waals surface area contributed by atoms with Gasteiger partial charge in [0.25, 0.3) is 0 Å². The number of halogens is 1. The lowest BCUT2D eigenvalue weighted by Gasteiger charge is -2.09. The number of hydrogen-bond acceptors (Lipinski definition) is 7. The topological polar surface area (TPSA) is 126 Å². The number of rotatable bonds is 6. The van der Waals surface area contributed by atoms with Crippen LogP contribution in [0.2, 0.25) is 0 Å². The Bertz CT molecular complexity index is 948. The normalized spacial score (nSPS) is 10.6. The van der Waals surface area contributed by atoms with E-state index in [2.05, 4.69) is 25.5 Å². The van der Waals surface area contributed by atoms with E-state index in [4.69, 9.17) is 15.7 Å². The van der Waals surface area contributed by atoms with Crippen LogP contribution in [0.3, 0.4) is 0 Å². The number of aryl methyl sites for hydroxylation is 1. The number of anilines is 2. The van der Waals surface area contributed by atoms with Gasteiger partial charge in [-0.2, -0.15) is 10.4 Å². The Morgan fingerprint density at radius 1 is 1.40 bits per heavy atom. The second-order valence-electron chi connectivity index (χ2n) is 5.33. The molecule has 0 saturated carbocycles. The molecule has 0 atom stereocenters. The number of nitrogens with one attached hydrogen (secondary N) is 2. The summed E-state index contributed by atoms with van der Waals surface area (Å²) in [5.41, 5.74) is 7.19. The van der Waals surface area contributed by atoms with E-state index in [1.165, 1.54) is 19.5 Å². The van der Waals surface area contributed by atoms with Gasteiger partial charge in [-0.15, -0.1) is 0 Å². The second-order valence-corrected chi connectivity index (χ2v) is 5.33. The lowest BCUT2D eigenvalue weighted by atomic mass is 10.1. The van der Waals surface area contributed by atoms with Crippen molar-refractivity contribution < 1.29 is 9.13 Å². The summed E-state index contributed by atoms with van der Waals surface area (Å²) in [7, 11) is 1.41. The van der Waals surface area contributed by atoms with Crippen molar-refractivity contribution in [2.45, 2.75) is 12.8 Å². The zero-order chi connectivity index (χ0) is 17.8. The molecule has 0 aliphatic carbocycles. The summed E-state index contributed by atoms with van der Waals surface area (Å²) in [4.78, 5) is 8.27. The van der Waals surface area contributed by atoms with E-state index in [-0.39, 0.29) is 11.6 Å². The van der Waals surface area contributed by atoms with Gasteiger partial charge in [0.15, 0.2) is 17.4 Å². The second kappa shape index (κ2) is 7.00. The van der Waals surface area contributed by atoms with Crippen molar-refractivity contribution in [1.82, 2.24) is 20.2 Å². The maximum absolute atomic E-state index is 13.8. The van der Waals surface area contributed by atoms with E-state index in [0.717, 1.165) is 6.42 Å². The van der Waals surface area contributed by atoms with Gasteiger partial charge < -0.3 is 15.8 Å². The summed E-state index contributed by atoms with van der Waals surface area (Å²) in [5, 5.41) is 19.5. The number of hydrogen-bond donors (Lipinski definition) is 3. The highest BCUT2D eigenvalue weighted by Crippen LogP contribution is 2.27. The molecule has 1 aromatic carbocycles. The Morgan fingerprint density at radius 3 is 3.00 bits per heavy atom. The molecule has 4 N–H and O–H groups in total. The Balaban J connectivity index is 1.70. The van der Waals surface area contributed by atoms with Crippen LogP contribution in [0.25, 0.3) is 10.9 Å². The summed E-state index contributed by atoms with van der Waals surface area (Å²) in [6.45, 7) is 0.593. The SMILES string of the molecule is COc1cc2c(NCCCc3[nH]nc(N)c3C#N)ncnc2cc1F.